The van der Waals surface area contributed by atoms with Crippen LogP contribution < -0.4 is 5.32 Å². The lowest BCUT2D eigenvalue weighted by molar-refractivity contribution is -0.120. The molecule has 1 heterocycles. The van der Waals surface area contributed by atoms with Gasteiger partial charge < -0.3 is 14.6 Å². The van der Waals surface area contributed by atoms with Crippen molar-refractivity contribution in [2.45, 2.75) is 13.0 Å². The summed E-state index contributed by atoms with van der Waals surface area (Å²) < 4.78 is 10.2. The number of aromatic nitrogens is 2. The molecule has 1 aromatic carbocycles. The molecule has 1 aromatic heterocycles. The van der Waals surface area contributed by atoms with E-state index in [2.05, 4.69) is 15.5 Å². The molecule has 2 rings (SSSR count). The van der Waals surface area contributed by atoms with Crippen molar-refractivity contribution in [3.8, 4) is 11.5 Å². The normalized spacial score (nSPS) is 10.4. The second-order valence-corrected chi connectivity index (χ2v) is 4.00. The molecule has 0 saturated carbocycles. The number of carbonyl (C=O) groups is 1. The summed E-state index contributed by atoms with van der Waals surface area (Å²) in [5, 5.41) is 6.29. The van der Waals surface area contributed by atoms with Gasteiger partial charge in [0.25, 0.3) is 5.89 Å². The van der Waals surface area contributed by atoms with E-state index in [0.29, 0.717) is 18.3 Å². The highest BCUT2D eigenvalue weighted by Gasteiger charge is 2.11. The van der Waals surface area contributed by atoms with E-state index in [-0.39, 0.29) is 12.3 Å². The van der Waals surface area contributed by atoms with Crippen LogP contribution in [0.15, 0.2) is 28.8 Å². The van der Waals surface area contributed by atoms with E-state index >= 15 is 0 Å². The molecule has 0 radical (unpaired) electrons. The van der Waals surface area contributed by atoms with Gasteiger partial charge in [0.2, 0.25) is 5.91 Å². The molecule has 0 fully saturated rings. The zero-order valence-electron chi connectivity index (χ0n) is 10.8. The van der Waals surface area contributed by atoms with Gasteiger partial charge in [0.05, 0.1) is 13.0 Å². The van der Waals surface area contributed by atoms with Crippen molar-refractivity contribution < 1.29 is 14.1 Å². The highest BCUT2D eigenvalue weighted by atomic mass is 16.5. The average molecular weight is 261 g/mol. The van der Waals surface area contributed by atoms with Crippen LogP contribution in [0.3, 0.4) is 0 Å². The topological polar surface area (TPSA) is 77.2 Å². The molecular formula is C13H15N3O3. The van der Waals surface area contributed by atoms with Crippen molar-refractivity contribution in [2.24, 2.45) is 0 Å². The summed E-state index contributed by atoms with van der Waals surface area (Å²) >= 11 is 0. The van der Waals surface area contributed by atoms with Crippen LogP contribution in [0.2, 0.25) is 0 Å². The number of rotatable bonds is 5. The van der Waals surface area contributed by atoms with Crippen LogP contribution in [0, 0.1) is 0 Å². The number of carbonyl (C=O) groups excluding carboxylic acids is 1. The van der Waals surface area contributed by atoms with Gasteiger partial charge in [0, 0.05) is 19.7 Å². The lowest BCUT2D eigenvalue weighted by Gasteiger charge is -2.00. The van der Waals surface area contributed by atoms with Gasteiger partial charge in [0.15, 0.2) is 5.82 Å². The fourth-order valence-electron chi connectivity index (χ4n) is 1.64. The molecule has 0 aliphatic carbocycles. The Labute approximate surface area is 110 Å². The molecule has 1 N–H and O–H groups in total. The Balaban J connectivity index is 2.17. The molecule has 0 unspecified atom stereocenters. The molecule has 100 valence electrons. The first-order valence-corrected chi connectivity index (χ1v) is 5.84. The number of nitrogens with one attached hydrogen (secondary N) is 1. The van der Waals surface area contributed by atoms with E-state index in [9.17, 15) is 4.79 Å². The van der Waals surface area contributed by atoms with Gasteiger partial charge in [-0.2, -0.15) is 4.98 Å². The minimum absolute atomic E-state index is 0.109. The van der Waals surface area contributed by atoms with E-state index in [1.807, 2.05) is 24.3 Å². The van der Waals surface area contributed by atoms with E-state index in [4.69, 9.17) is 9.26 Å². The van der Waals surface area contributed by atoms with Crippen LogP contribution in [-0.2, 0) is 22.6 Å². The molecule has 6 heteroatoms. The van der Waals surface area contributed by atoms with Crippen LogP contribution in [0.4, 0.5) is 0 Å². The Morgan fingerprint density at radius 1 is 1.47 bits per heavy atom. The van der Waals surface area contributed by atoms with Gasteiger partial charge in [-0.25, -0.2) is 0 Å². The summed E-state index contributed by atoms with van der Waals surface area (Å²) in [6, 6.07) is 7.64. The van der Waals surface area contributed by atoms with Crippen LogP contribution in [0.1, 0.15) is 11.4 Å². The quantitative estimate of drug-likeness (QED) is 0.874. The van der Waals surface area contributed by atoms with E-state index < -0.39 is 0 Å². The monoisotopic (exact) mass is 261 g/mol. The Kier molecular flexibility index (Phi) is 4.25. The van der Waals surface area contributed by atoms with Crippen LogP contribution in [-0.4, -0.2) is 30.2 Å². The first-order chi connectivity index (χ1) is 9.22. The third-order valence-corrected chi connectivity index (χ3v) is 2.55. The maximum atomic E-state index is 11.2. The number of nitrogens with zero attached hydrogens (tertiary/aromatic N) is 2. The van der Waals surface area contributed by atoms with Crippen LogP contribution in [0.25, 0.3) is 11.5 Å². The molecule has 19 heavy (non-hydrogen) atoms. The second kappa shape index (κ2) is 6.10. The molecule has 0 aliphatic heterocycles. The molecule has 0 atom stereocenters. The number of hydrogen-bond acceptors (Lipinski definition) is 5. The van der Waals surface area contributed by atoms with E-state index in [1.54, 1.807) is 14.2 Å². The molecule has 6 nitrogen and oxygen atoms in total. The number of hydrogen-bond donors (Lipinski definition) is 1. The maximum absolute atomic E-state index is 11.2. The van der Waals surface area contributed by atoms with Crippen molar-refractivity contribution in [3.05, 3.63) is 35.7 Å². The van der Waals surface area contributed by atoms with Crippen molar-refractivity contribution in [1.82, 2.24) is 15.5 Å². The molecule has 0 saturated heterocycles. The van der Waals surface area contributed by atoms with Gasteiger partial charge in [-0.05, 0) is 17.7 Å². The molecule has 0 spiro atoms. The third kappa shape index (κ3) is 3.38. The highest BCUT2D eigenvalue weighted by molar-refractivity contribution is 5.77. The summed E-state index contributed by atoms with van der Waals surface area (Å²) in [6.45, 7) is 0.521. The number of likely N-dealkylation sites (N-methyl/N-ethyl adjacent to an activating group) is 1. The molecule has 0 bridgehead atoms. The molecule has 0 aliphatic rings. The summed E-state index contributed by atoms with van der Waals surface area (Å²) in [5.41, 5.74) is 1.83. The number of methoxy groups -OCH3 is 1. The number of ether oxygens (including phenoxy) is 1. The van der Waals surface area contributed by atoms with E-state index in [1.165, 1.54) is 0 Å². The zero-order chi connectivity index (χ0) is 13.7. The largest absolute Gasteiger partial charge is 0.380 e. The van der Waals surface area contributed by atoms with E-state index in [0.717, 1.165) is 11.1 Å². The second-order valence-electron chi connectivity index (χ2n) is 4.00. The third-order valence-electron chi connectivity index (χ3n) is 2.55. The number of benzene rings is 1. The summed E-state index contributed by atoms with van der Waals surface area (Å²) in [6.07, 6.45) is 0.109. The average Bonchev–Trinajstić information content (AvgIpc) is 2.88. The zero-order valence-corrected chi connectivity index (χ0v) is 10.8. The first-order valence-electron chi connectivity index (χ1n) is 5.84. The molecule has 1 amide bonds. The fourth-order valence-corrected chi connectivity index (χ4v) is 1.64. The smallest absolute Gasteiger partial charge is 0.257 e. The van der Waals surface area contributed by atoms with Crippen molar-refractivity contribution in [2.75, 3.05) is 14.2 Å². The highest BCUT2D eigenvalue weighted by Crippen LogP contribution is 2.19. The van der Waals surface area contributed by atoms with Gasteiger partial charge in [-0.15, -0.1) is 0 Å². The predicted octanol–water partition coefficient (Wildman–Crippen LogP) is 1.17. The molecular weight excluding hydrogens is 246 g/mol. The maximum Gasteiger partial charge on any atom is 0.257 e. The van der Waals surface area contributed by atoms with Crippen molar-refractivity contribution >= 4 is 5.91 Å². The lowest BCUT2D eigenvalue weighted by Crippen LogP contribution is -2.20. The Morgan fingerprint density at radius 2 is 2.32 bits per heavy atom. The predicted molar refractivity (Wildman–Crippen MR) is 68.2 cm³/mol. The minimum atomic E-state index is -0.152. The number of amides is 1. The minimum Gasteiger partial charge on any atom is -0.380 e. The van der Waals surface area contributed by atoms with Gasteiger partial charge in [-0.1, -0.05) is 17.3 Å². The summed E-state index contributed by atoms with van der Waals surface area (Å²) in [7, 11) is 3.21. The van der Waals surface area contributed by atoms with Crippen LogP contribution >= 0.6 is 0 Å². The van der Waals surface area contributed by atoms with Gasteiger partial charge >= 0.3 is 0 Å². The summed E-state index contributed by atoms with van der Waals surface area (Å²) in [4.78, 5) is 15.4. The van der Waals surface area contributed by atoms with Crippen molar-refractivity contribution in [1.29, 1.82) is 0 Å². The molecule has 2 aromatic rings. The Bertz CT molecular complexity index is 566. The first kappa shape index (κ1) is 13.2. The summed E-state index contributed by atoms with van der Waals surface area (Å²) in [5.74, 6) is 0.615. The van der Waals surface area contributed by atoms with Gasteiger partial charge in [-0.3, -0.25) is 4.79 Å². The van der Waals surface area contributed by atoms with Crippen LogP contribution in [0.5, 0.6) is 0 Å². The fraction of sp³-hybridized carbons (Fsp3) is 0.308. The van der Waals surface area contributed by atoms with Gasteiger partial charge in [0.1, 0.15) is 0 Å². The SMILES string of the molecule is CNC(=O)Cc1noc(-c2cccc(COC)c2)n1. The Hall–Kier alpha value is -2.21. The Morgan fingerprint density at radius 3 is 3.05 bits per heavy atom. The van der Waals surface area contributed by atoms with Crippen molar-refractivity contribution in [3.63, 3.8) is 0 Å². The lowest BCUT2D eigenvalue weighted by atomic mass is 10.1. The standard InChI is InChI=1S/C13H15N3O3/c1-14-12(17)7-11-15-13(19-16-11)10-5-3-4-9(6-10)8-18-2/h3-6H,7-8H2,1-2H3,(H,14,17).